The summed E-state index contributed by atoms with van der Waals surface area (Å²) >= 11 is 0. The van der Waals surface area contributed by atoms with Crippen LogP contribution in [0.1, 0.15) is 0 Å². The number of nitrogens with zero attached hydrogens (tertiary/aromatic N) is 1. The van der Waals surface area contributed by atoms with Gasteiger partial charge in [0.05, 0.1) is 5.52 Å². The van der Waals surface area contributed by atoms with Crippen LogP contribution in [0.5, 0.6) is 5.75 Å². The van der Waals surface area contributed by atoms with Crippen molar-refractivity contribution in [2.24, 2.45) is 0 Å². The minimum atomic E-state index is 0. The number of aromatic nitrogens is 1. The molecule has 0 saturated carbocycles. The molecule has 1 N–H and O–H groups in total. The van der Waals surface area contributed by atoms with Gasteiger partial charge in [0.1, 0.15) is 5.75 Å². The highest BCUT2D eigenvalue weighted by atomic mass is 35.5. The molecule has 3 heteroatoms. The van der Waals surface area contributed by atoms with Crippen LogP contribution in [0, 0.1) is 0 Å². The maximum absolute atomic E-state index is 9.46. The van der Waals surface area contributed by atoms with Crippen molar-refractivity contribution in [1.29, 1.82) is 0 Å². The van der Waals surface area contributed by atoms with Crippen molar-refractivity contribution in [1.82, 2.24) is 4.98 Å². The molecule has 0 atom stereocenters. The van der Waals surface area contributed by atoms with Gasteiger partial charge in [-0.1, -0.05) is 24.3 Å². The van der Waals surface area contributed by atoms with Crippen LogP contribution in [0.3, 0.4) is 0 Å². The lowest BCUT2D eigenvalue weighted by Crippen LogP contribution is -1.81. The van der Waals surface area contributed by atoms with Crippen molar-refractivity contribution >= 4 is 34.1 Å². The molecule has 3 rings (SSSR count). The molecule has 1 heterocycles. The fourth-order valence-corrected chi connectivity index (χ4v) is 1.85. The van der Waals surface area contributed by atoms with Crippen LogP contribution >= 0.6 is 12.4 Å². The lowest BCUT2D eigenvalue weighted by atomic mass is 10.1. The number of phenols is 1. The molecule has 2 aromatic carbocycles. The van der Waals surface area contributed by atoms with Crippen LogP contribution in [-0.2, 0) is 0 Å². The van der Waals surface area contributed by atoms with Gasteiger partial charge in [0.25, 0.3) is 0 Å². The normalized spacial score (nSPS) is 10.2. The van der Waals surface area contributed by atoms with E-state index in [9.17, 15) is 5.11 Å². The maximum Gasteiger partial charge on any atom is 0.116 e. The van der Waals surface area contributed by atoms with E-state index >= 15 is 0 Å². The second kappa shape index (κ2) is 3.99. The first-order valence-corrected chi connectivity index (χ1v) is 4.81. The zero-order valence-electron chi connectivity index (χ0n) is 8.42. The van der Waals surface area contributed by atoms with Crippen LogP contribution in [0.25, 0.3) is 21.7 Å². The molecule has 0 bridgehead atoms. The first-order valence-electron chi connectivity index (χ1n) is 4.81. The number of halogens is 1. The summed E-state index contributed by atoms with van der Waals surface area (Å²) in [5.41, 5.74) is 0.909. The van der Waals surface area contributed by atoms with E-state index in [0.717, 1.165) is 21.7 Å². The highest BCUT2D eigenvalue weighted by Gasteiger charge is 2.01. The summed E-state index contributed by atoms with van der Waals surface area (Å²) in [6.07, 6.45) is 1.86. The van der Waals surface area contributed by atoms with Gasteiger partial charge in [-0.25, -0.2) is 0 Å². The van der Waals surface area contributed by atoms with Gasteiger partial charge in [0.2, 0.25) is 0 Å². The third kappa shape index (κ3) is 1.57. The Balaban J connectivity index is 0.000000963. The number of hydrogen-bond donors (Lipinski definition) is 1. The quantitative estimate of drug-likeness (QED) is 0.601. The molecule has 0 amide bonds. The number of rotatable bonds is 0. The number of fused-ring (bicyclic) bond motifs is 3. The molecule has 0 radical (unpaired) electrons. The topological polar surface area (TPSA) is 33.1 Å². The lowest BCUT2D eigenvalue weighted by Gasteiger charge is -2.02. The minimum Gasteiger partial charge on any atom is -0.508 e. The van der Waals surface area contributed by atoms with E-state index in [1.807, 2.05) is 36.5 Å². The zero-order chi connectivity index (χ0) is 10.3. The molecule has 0 aliphatic rings. The van der Waals surface area contributed by atoms with Gasteiger partial charge in [0, 0.05) is 17.0 Å². The van der Waals surface area contributed by atoms with Crippen molar-refractivity contribution < 1.29 is 5.11 Å². The van der Waals surface area contributed by atoms with E-state index < -0.39 is 0 Å². The van der Waals surface area contributed by atoms with Crippen LogP contribution < -0.4 is 0 Å². The van der Waals surface area contributed by atoms with Gasteiger partial charge in [-0.3, -0.25) is 4.98 Å². The van der Waals surface area contributed by atoms with Crippen molar-refractivity contribution in [2.45, 2.75) is 0 Å². The molecule has 0 aliphatic carbocycles. The van der Waals surface area contributed by atoms with Crippen molar-refractivity contribution in [2.75, 3.05) is 0 Å². The zero-order valence-corrected chi connectivity index (χ0v) is 9.24. The first kappa shape index (κ1) is 10.7. The fourth-order valence-electron chi connectivity index (χ4n) is 1.85. The average Bonchev–Trinajstić information content (AvgIpc) is 2.29. The summed E-state index contributed by atoms with van der Waals surface area (Å²) in [6, 6.07) is 13.3. The molecule has 2 nitrogen and oxygen atoms in total. The Kier molecular flexibility index (Phi) is 2.67. The lowest BCUT2D eigenvalue weighted by molar-refractivity contribution is 0.476. The Morgan fingerprint density at radius 3 is 2.62 bits per heavy atom. The van der Waals surface area contributed by atoms with Gasteiger partial charge in [-0.05, 0) is 23.6 Å². The third-order valence-electron chi connectivity index (χ3n) is 2.57. The highest BCUT2D eigenvalue weighted by molar-refractivity contribution is 6.05. The van der Waals surface area contributed by atoms with Gasteiger partial charge in [-0.15, -0.1) is 12.4 Å². The molecule has 0 fully saturated rings. The molecule has 80 valence electrons. The molecule has 3 aromatic rings. The Morgan fingerprint density at radius 1 is 0.938 bits per heavy atom. The highest BCUT2D eigenvalue weighted by Crippen LogP contribution is 2.25. The van der Waals surface area contributed by atoms with E-state index in [1.54, 1.807) is 12.1 Å². The van der Waals surface area contributed by atoms with E-state index in [1.165, 1.54) is 0 Å². The Hall–Kier alpha value is -1.80. The summed E-state index contributed by atoms with van der Waals surface area (Å²) < 4.78 is 0. The van der Waals surface area contributed by atoms with Crippen molar-refractivity contribution in [3.05, 3.63) is 48.7 Å². The number of phenolic OH excluding ortho intramolecular Hbond substituents is 1. The monoisotopic (exact) mass is 231 g/mol. The predicted molar refractivity (Wildman–Crippen MR) is 68.2 cm³/mol. The first-order chi connectivity index (χ1) is 7.34. The van der Waals surface area contributed by atoms with Crippen LogP contribution in [0.15, 0.2) is 48.7 Å². The SMILES string of the molecule is Cl.Oc1ccc2ncc3ccccc3c2c1. The van der Waals surface area contributed by atoms with Crippen LogP contribution in [-0.4, -0.2) is 10.1 Å². The van der Waals surface area contributed by atoms with Crippen LogP contribution in [0.2, 0.25) is 0 Å². The van der Waals surface area contributed by atoms with Gasteiger partial charge in [0.15, 0.2) is 0 Å². The fraction of sp³-hybridized carbons (Fsp3) is 0. The van der Waals surface area contributed by atoms with Crippen molar-refractivity contribution in [3.63, 3.8) is 0 Å². The molecule has 16 heavy (non-hydrogen) atoms. The van der Waals surface area contributed by atoms with Crippen molar-refractivity contribution in [3.8, 4) is 5.75 Å². The van der Waals surface area contributed by atoms with E-state index in [-0.39, 0.29) is 18.2 Å². The van der Waals surface area contributed by atoms with Gasteiger partial charge >= 0.3 is 0 Å². The number of pyridine rings is 1. The van der Waals surface area contributed by atoms with Gasteiger partial charge in [-0.2, -0.15) is 0 Å². The molecule has 0 spiro atoms. The second-order valence-electron chi connectivity index (χ2n) is 3.55. The Morgan fingerprint density at radius 2 is 1.75 bits per heavy atom. The molecule has 0 aliphatic heterocycles. The molecular formula is C13H10ClNO. The third-order valence-corrected chi connectivity index (χ3v) is 2.57. The molecule has 1 aromatic heterocycles. The number of hydrogen-bond acceptors (Lipinski definition) is 2. The largest absolute Gasteiger partial charge is 0.508 e. The Bertz CT molecular complexity index is 652. The summed E-state index contributed by atoms with van der Waals surface area (Å²) in [5.74, 6) is 0.278. The second-order valence-corrected chi connectivity index (χ2v) is 3.55. The minimum absolute atomic E-state index is 0. The summed E-state index contributed by atoms with van der Waals surface area (Å²) in [7, 11) is 0. The van der Waals surface area contributed by atoms with Gasteiger partial charge < -0.3 is 5.11 Å². The predicted octanol–water partition coefficient (Wildman–Crippen LogP) is 3.52. The molecule has 0 saturated heterocycles. The van der Waals surface area contributed by atoms with E-state index in [4.69, 9.17) is 0 Å². The average molecular weight is 232 g/mol. The smallest absolute Gasteiger partial charge is 0.116 e. The number of benzene rings is 2. The summed E-state index contributed by atoms with van der Waals surface area (Å²) in [4.78, 5) is 4.34. The van der Waals surface area contributed by atoms with E-state index in [2.05, 4.69) is 4.98 Å². The maximum atomic E-state index is 9.46. The van der Waals surface area contributed by atoms with Crippen LogP contribution in [0.4, 0.5) is 0 Å². The molecule has 0 unspecified atom stereocenters. The summed E-state index contributed by atoms with van der Waals surface area (Å²) in [6.45, 7) is 0. The number of aromatic hydroxyl groups is 1. The Labute approximate surface area is 99.0 Å². The molecular weight excluding hydrogens is 222 g/mol. The summed E-state index contributed by atoms with van der Waals surface area (Å²) in [5, 5.41) is 12.7. The standard InChI is InChI=1S/C13H9NO.ClH/c15-10-5-6-13-12(7-10)11-4-2-1-3-9(11)8-14-13;/h1-8,15H;1H. The van der Waals surface area contributed by atoms with E-state index in [0.29, 0.717) is 0 Å².